The SMILES string of the molecule is COc1ccc(-c2cc3ncn(CCC(C)(C(=O)NO)S(C)(=O)=O)c(=O)c3cc2F)cc1. The Labute approximate surface area is 183 Å². The fourth-order valence-corrected chi connectivity index (χ4v) is 4.09. The van der Waals surface area contributed by atoms with E-state index in [9.17, 15) is 22.4 Å². The molecule has 1 heterocycles. The van der Waals surface area contributed by atoms with Gasteiger partial charge in [0.05, 0.1) is 24.3 Å². The van der Waals surface area contributed by atoms with Crippen LogP contribution in [0.4, 0.5) is 4.39 Å². The third-order valence-electron chi connectivity index (χ3n) is 5.54. The summed E-state index contributed by atoms with van der Waals surface area (Å²) in [5.41, 5.74) is 1.86. The van der Waals surface area contributed by atoms with E-state index < -0.39 is 31.9 Å². The number of hydroxylamine groups is 1. The van der Waals surface area contributed by atoms with Crippen LogP contribution in [-0.4, -0.2) is 47.2 Å². The zero-order valence-corrected chi connectivity index (χ0v) is 18.4. The Morgan fingerprint density at radius 3 is 2.50 bits per heavy atom. The Bertz CT molecular complexity index is 1340. The van der Waals surface area contributed by atoms with Crippen LogP contribution in [0.1, 0.15) is 13.3 Å². The second-order valence-corrected chi connectivity index (χ2v) is 9.96. The first-order chi connectivity index (χ1) is 15.0. The highest BCUT2D eigenvalue weighted by atomic mass is 32.2. The van der Waals surface area contributed by atoms with Crippen LogP contribution < -0.4 is 15.8 Å². The molecule has 0 fully saturated rings. The summed E-state index contributed by atoms with van der Waals surface area (Å²) < 4.78 is 43.2. The van der Waals surface area contributed by atoms with Gasteiger partial charge in [-0.2, -0.15) is 0 Å². The second-order valence-electron chi connectivity index (χ2n) is 7.51. The van der Waals surface area contributed by atoms with Crippen LogP contribution in [0.3, 0.4) is 0 Å². The quantitative estimate of drug-likeness (QED) is 0.405. The lowest BCUT2D eigenvalue weighted by molar-refractivity contribution is -0.131. The standard InChI is InChI=1S/C21H22FN3O6S/c1-21(20(27)24-28,32(3,29)30)8-9-25-12-23-18-11-15(17(22)10-16(18)19(25)26)13-4-6-14(31-2)7-5-13/h4-7,10-12,28H,8-9H2,1-3H3,(H,24,27). The van der Waals surface area contributed by atoms with Crippen molar-refractivity contribution in [3.05, 3.63) is 58.9 Å². The number of nitrogens with zero attached hydrogens (tertiary/aromatic N) is 2. The lowest BCUT2D eigenvalue weighted by Crippen LogP contribution is -2.50. The van der Waals surface area contributed by atoms with Crippen molar-refractivity contribution < 1.29 is 27.5 Å². The van der Waals surface area contributed by atoms with Gasteiger partial charge < -0.3 is 4.74 Å². The summed E-state index contributed by atoms with van der Waals surface area (Å²) in [5.74, 6) is -1.12. The monoisotopic (exact) mass is 463 g/mol. The molecular formula is C21H22FN3O6S. The van der Waals surface area contributed by atoms with E-state index in [0.29, 0.717) is 11.3 Å². The number of hydrogen-bond donors (Lipinski definition) is 2. The summed E-state index contributed by atoms with van der Waals surface area (Å²) in [7, 11) is -2.40. The predicted molar refractivity (Wildman–Crippen MR) is 116 cm³/mol. The molecule has 0 saturated heterocycles. The van der Waals surface area contributed by atoms with Gasteiger partial charge in [-0.1, -0.05) is 12.1 Å². The summed E-state index contributed by atoms with van der Waals surface area (Å²) in [4.78, 5) is 29.0. The smallest absolute Gasteiger partial charge is 0.264 e. The molecule has 3 rings (SSSR count). The van der Waals surface area contributed by atoms with Crippen molar-refractivity contribution in [1.82, 2.24) is 15.0 Å². The molecule has 1 aromatic heterocycles. The van der Waals surface area contributed by atoms with Crippen LogP contribution in [-0.2, 0) is 21.2 Å². The number of fused-ring (bicyclic) bond motifs is 1. The van der Waals surface area contributed by atoms with Gasteiger partial charge in [-0.25, -0.2) is 23.3 Å². The average Bonchev–Trinajstić information content (AvgIpc) is 2.77. The fourth-order valence-electron chi connectivity index (χ4n) is 3.25. The Morgan fingerprint density at radius 2 is 1.94 bits per heavy atom. The molecule has 32 heavy (non-hydrogen) atoms. The maximum atomic E-state index is 14.8. The predicted octanol–water partition coefficient (Wildman–Crippen LogP) is 1.91. The molecule has 0 radical (unpaired) electrons. The number of amides is 1. The molecule has 0 bridgehead atoms. The topological polar surface area (TPSA) is 128 Å². The number of benzene rings is 2. The van der Waals surface area contributed by atoms with Crippen LogP contribution >= 0.6 is 0 Å². The number of carbonyl (C=O) groups excluding carboxylic acids is 1. The van der Waals surface area contributed by atoms with Gasteiger partial charge in [-0.15, -0.1) is 0 Å². The first-order valence-corrected chi connectivity index (χ1v) is 11.4. The minimum absolute atomic E-state index is 0.00919. The van der Waals surface area contributed by atoms with Crippen molar-refractivity contribution in [3.8, 4) is 16.9 Å². The van der Waals surface area contributed by atoms with Crippen molar-refractivity contribution in [2.24, 2.45) is 0 Å². The number of sulfone groups is 1. The molecule has 1 unspecified atom stereocenters. The number of nitrogens with one attached hydrogen (secondary N) is 1. The van der Waals surface area contributed by atoms with Gasteiger partial charge in [0.15, 0.2) is 14.6 Å². The van der Waals surface area contributed by atoms with Crippen LogP contribution in [0.25, 0.3) is 22.0 Å². The van der Waals surface area contributed by atoms with E-state index in [-0.39, 0.29) is 29.4 Å². The van der Waals surface area contributed by atoms with Gasteiger partial charge >= 0.3 is 0 Å². The number of ether oxygens (including phenoxy) is 1. The van der Waals surface area contributed by atoms with Crippen molar-refractivity contribution in [1.29, 1.82) is 0 Å². The summed E-state index contributed by atoms with van der Waals surface area (Å²) in [6.07, 6.45) is 1.76. The minimum Gasteiger partial charge on any atom is -0.497 e. The van der Waals surface area contributed by atoms with E-state index >= 15 is 0 Å². The van der Waals surface area contributed by atoms with Gasteiger partial charge in [-0.05, 0) is 43.2 Å². The number of rotatable bonds is 7. The number of aryl methyl sites for hydroxylation is 1. The first kappa shape index (κ1) is 23.4. The molecule has 0 aliphatic carbocycles. The van der Waals surface area contributed by atoms with E-state index in [4.69, 9.17) is 9.94 Å². The lowest BCUT2D eigenvalue weighted by Gasteiger charge is -2.25. The third kappa shape index (κ3) is 4.21. The first-order valence-electron chi connectivity index (χ1n) is 9.49. The Balaban J connectivity index is 1.98. The molecule has 11 heteroatoms. The number of methoxy groups -OCH3 is 1. The van der Waals surface area contributed by atoms with E-state index in [1.54, 1.807) is 24.3 Å². The fraction of sp³-hybridized carbons (Fsp3) is 0.286. The molecule has 2 aromatic carbocycles. The van der Waals surface area contributed by atoms with E-state index in [0.717, 1.165) is 23.8 Å². The molecule has 0 aliphatic heterocycles. The number of aromatic nitrogens is 2. The van der Waals surface area contributed by atoms with Crippen molar-refractivity contribution in [2.45, 2.75) is 24.6 Å². The van der Waals surface area contributed by atoms with Crippen LogP contribution in [0.15, 0.2) is 47.5 Å². The third-order valence-corrected chi connectivity index (χ3v) is 7.57. The summed E-state index contributed by atoms with van der Waals surface area (Å²) in [6.45, 7) is 0.953. The van der Waals surface area contributed by atoms with Gasteiger partial charge in [0.2, 0.25) is 0 Å². The van der Waals surface area contributed by atoms with Crippen LogP contribution in [0.2, 0.25) is 0 Å². The lowest BCUT2D eigenvalue weighted by atomic mass is 10.0. The second kappa shape index (κ2) is 8.67. The molecular weight excluding hydrogens is 441 g/mol. The maximum absolute atomic E-state index is 14.8. The molecule has 3 aromatic rings. The molecule has 2 N–H and O–H groups in total. The van der Waals surface area contributed by atoms with E-state index in [1.807, 2.05) is 0 Å². The average molecular weight is 463 g/mol. The Kier molecular flexibility index (Phi) is 6.33. The highest BCUT2D eigenvalue weighted by Crippen LogP contribution is 2.28. The van der Waals surface area contributed by atoms with Gasteiger partial charge in [-0.3, -0.25) is 19.4 Å². The molecule has 1 atom stereocenters. The van der Waals surface area contributed by atoms with Crippen molar-refractivity contribution in [3.63, 3.8) is 0 Å². The van der Waals surface area contributed by atoms with Gasteiger partial charge in [0, 0.05) is 18.4 Å². The minimum atomic E-state index is -3.93. The van der Waals surface area contributed by atoms with Crippen molar-refractivity contribution in [2.75, 3.05) is 13.4 Å². The summed E-state index contributed by atoms with van der Waals surface area (Å²) in [6, 6.07) is 9.28. The normalized spacial score (nSPS) is 13.5. The zero-order valence-electron chi connectivity index (χ0n) is 17.6. The highest BCUT2D eigenvalue weighted by Gasteiger charge is 2.43. The number of halogens is 1. The molecule has 0 spiro atoms. The van der Waals surface area contributed by atoms with Gasteiger partial charge in [0.1, 0.15) is 11.6 Å². The summed E-state index contributed by atoms with van der Waals surface area (Å²) in [5, 5.41) is 8.92. The summed E-state index contributed by atoms with van der Waals surface area (Å²) >= 11 is 0. The molecule has 9 nitrogen and oxygen atoms in total. The molecule has 0 saturated carbocycles. The van der Waals surface area contributed by atoms with Crippen LogP contribution in [0.5, 0.6) is 5.75 Å². The molecule has 0 aliphatic rings. The largest absolute Gasteiger partial charge is 0.497 e. The molecule has 1 amide bonds. The van der Waals surface area contributed by atoms with E-state index in [1.165, 1.54) is 25.0 Å². The Morgan fingerprint density at radius 1 is 1.28 bits per heavy atom. The van der Waals surface area contributed by atoms with Crippen LogP contribution in [0, 0.1) is 5.82 Å². The highest BCUT2D eigenvalue weighted by molar-refractivity contribution is 7.92. The van der Waals surface area contributed by atoms with Gasteiger partial charge in [0.25, 0.3) is 11.5 Å². The van der Waals surface area contributed by atoms with E-state index in [2.05, 4.69) is 4.98 Å². The van der Waals surface area contributed by atoms with Crippen molar-refractivity contribution >= 4 is 26.6 Å². The maximum Gasteiger partial charge on any atom is 0.264 e. The molecule has 170 valence electrons. The Hall–Kier alpha value is -3.31. The number of carbonyl (C=O) groups is 1. The number of hydrogen-bond acceptors (Lipinski definition) is 7. The zero-order chi connectivity index (χ0) is 23.7.